The third kappa shape index (κ3) is 2.66. The summed E-state index contributed by atoms with van der Waals surface area (Å²) in [6.45, 7) is 1.78. The molecule has 0 saturated carbocycles. The van der Waals surface area contributed by atoms with Crippen LogP contribution in [0.5, 0.6) is 5.75 Å². The zero-order valence-corrected chi connectivity index (χ0v) is 12.5. The fraction of sp³-hybridized carbons (Fsp3) is 0.105. The van der Waals surface area contributed by atoms with Crippen molar-refractivity contribution in [1.82, 2.24) is 0 Å². The molecule has 3 aromatic rings. The maximum Gasteiger partial charge on any atom is 0.196 e. The largest absolute Gasteiger partial charge is 0.497 e. The van der Waals surface area contributed by atoms with Crippen LogP contribution < -0.4 is 10.2 Å². The van der Waals surface area contributed by atoms with E-state index in [-0.39, 0.29) is 5.43 Å². The van der Waals surface area contributed by atoms with Gasteiger partial charge in [-0.3, -0.25) is 4.79 Å². The second-order valence-electron chi connectivity index (χ2n) is 5.03. The number of fused-ring (bicyclic) bond motifs is 1. The van der Waals surface area contributed by atoms with Gasteiger partial charge >= 0.3 is 0 Å². The van der Waals surface area contributed by atoms with Crippen LogP contribution in [0.3, 0.4) is 0 Å². The molecule has 0 saturated heterocycles. The van der Waals surface area contributed by atoms with E-state index < -0.39 is 0 Å². The first-order valence-corrected chi connectivity index (χ1v) is 7.03. The number of ether oxygens (including phenoxy) is 1. The average molecular weight is 292 g/mol. The molecule has 3 heteroatoms. The summed E-state index contributed by atoms with van der Waals surface area (Å²) < 4.78 is 11.1. The molecule has 1 heterocycles. The van der Waals surface area contributed by atoms with Crippen molar-refractivity contribution >= 4 is 23.1 Å². The second kappa shape index (κ2) is 5.90. The first-order chi connectivity index (χ1) is 10.7. The Labute approximate surface area is 128 Å². The normalized spacial score (nSPS) is 11.2. The molecular formula is C19H16O3. The van der Waals surface area contributed by atoms with Crippen molar-refractivity contribution in [2.45, 2.75) is 6.92 Å². The second-order valence-corrected chi connectivity index (χ2v) is 5.03. The van der Waals surface area contributed by atoms with Crippen molar-refractivity contribution in [1.29, 1.82) is 0 Å². The predicted octanol–water partition coefficient (Wildman–Crippen LogP) is 4.28. The minimum Gasteiger partial charge on any atom is -0.497 e. The number of rotatable bonds is 3. The van der Waals surface area contributed by atoms with E-state index >= 15 is 0 Å². The van der Waals surface area contributed by atoms with Crippen molar-refractivity contribution in [3.8, 4) is 5.75 Å². The van der Waals surface area contributed by atoms with Crippen LogP contribution in [-0.2, 0) is 0 Å². The Morgan fingerprint density at radius 2 is 1.82 bits per heavy atom. The maximum atomic E-state index is 12.4. The molecule has 0 unspecified atom stereocenters. The Kier molecular flexibility index (Phi) is 3.79. The fourth-order valence-corrected chi connectivity index (χ4v) is 2.31. The van der Waals surface area contributed by atoms with Crippen LogP contribution in [0.25, 0.3) is 23.1 Å². The molecule has 110 valence electrons. The molecule has 0 spiro atoms. The summed E-state index contributed by atoms with van der Waals surface area (Å²) in [6, 6.07) is 15.1. The summed E-state index contributed by atoms with van der Waals surface area (Å²) in [5, 5.41) is 0.565. The molecule has 3 rings (SSSR count). The minimum absolute atomic E-state index is 0.0170. The van der Waals surface area contributed by atoms with Gasteiger partial charge in [-0.15, -0.1) is 0 Å². The predicted molar refractivity (Wildman–Crippen MR) is 89.1 cm³/mol. The third-order valence-corrected chi connectivity index (χ3v) is 3.59. The van der Waals surface area contributed by atoms with Gasteiger partial charge in [-0.2, -0.15) is 0 Å². The summed E-state index contributed by atoms with van der Waals surface area (Å²) in [6.07, 6.45) is 3.75. The molecule has 0 amide bonds. The van der Waals surface area contributed by atoms with E-state index in [1.807, 2.05) is 42.5 Å². The summed E-state index contributed by atoms with van der Waals surface area (Å²) in [4.78, 5) is 12.4. The van der Waals surface area contributed by atoms with E-state index in [1.54, 1.807) is 32.2 Å². The van der Waals surface area contributed by atoms with Crippen LogP contribution in [0.4, 0.5) is 0 Å². The van der Waals surface area contributed by atoms with Crippen LogP contribution in [0.15, 0.2) is 57.7 Å². The van der Waals surface area contributed by atoms with Gasteiger partial charge in [0.25, 0.3) is 0 Å². The van der Waals surface area contributed by atoms with Gasteiger partial charge in [0.2, 0.25) is 0 Å². The fourth-order valence-electron chi connectivity index (χ4n) is 2.31. The lowest BCUT2D eigenvalue weighted by Crippen LogP contribution is -2.07. The van der Waals surface area contributed by atoms with E-state index in [4.69, 9.17) is 9.15 Å². The summed E-state index contributed by atoms with van der Waals surface area (Å²) in [5.41, 5.74) is 2.17. The highest BCUT2D eigenvalue weighted by molar-refractivity contribution is 5.81. The lowest BCUT2D eigenvalue weighted by Gasteiger charge is -2.05. The van der Waals surface area contributed by atoms with E-state index in [1.165, 1.54) is 0 Å². The van der Waals surface area contributed by atoms with Crippen LogP contribution in [0, 0.1) is 6.92 Å². The molecule has 2 aromatic carbocycles. The van der Waals surface area contributed by atoms with E-state index in [0.717, 1.165) is 5.56 Å². The molecule has 0 radical (unpaired) electrons. The maximum absolute atomic E-state index is 12.4. The Bertz CT molecular complexity index is 890. The zero-order valence-electron chi connectivity index (χ0n) is 12.5. The molecule has 22 heavy (non-hydrogen) atoms. The Morgan fingerprint density at radius 3 is 2.55 bits per heavy atom. The molecule has 0 atom stereocenters. The molecule has 1 aromatic heterocycles. The molecule has 0 aliphatic heterocycles. The van der Waals surface area contributed by atoms with Crippen LogP contribution in [0.2, 0.25) is 0 Å². The van der Waals surface area contributed by atoms with E-state index in [9.17, 15) is 4.79 Å². The van der Waals surface area contributed by atoms with Gasteiger partial charge in [0, 0.05) is 11.6 Å². The van der Waals surface area contributed by atoms with Crippen molar-refractivity contribution < 1.29 is 9.15 Å². The molecule has 3 nitrogen and oxygen atoms in total. The number of benzene rings is 2. The first kappa shape index (κ1) is 14.1. The van der Waals surface area contributed by atoms with Crippen molar-refractivity contribution in [3.05, 3.63) is 75.6 Å². The van der Waals surface area contributed by atoms with Gasteiger partial charge in [-0.1, -0.05) is 36.4 Å². The van der Waals surface area contributed by atoms with Gasteiger partial charge < -0.3 is 9.15 Å². The molecule has 0 aliphatic carbocycles. The van der Waals surface area contributed by atoms with Crippen molar-refractivity contribution in [2.24, 2.45) is 0 Å². The highest BCUT2D eigenvalue weighted by atomic mass is 16.5. The smallest absolute Gasteiger partial charge is 0.196 e. The minimum atomic E-state index is -0.0170. The van der Waals surface area contributed by atoms with Crippen LogP contribution >= 0.6 is 0 Å². The van der Waals surface area contributed by atoms with Gasteiger partial charge in [-0.25, -0.2) is 0 Å². The highest BCUT2D eigenvalue weighted by Crippen LogP contribution is 2.22. The zero-order chi connectivity index (χ0) is 15.5. The van der Waals surface area contributed by atoms with Crippen LogP contribution in [0.1, 0.15) is 16.9 Å². The SMILES string of the molecule is COc1ccc2c(=O)c(C)c(C=Cc3ccccc3)oc2c1. The highest BCUT2D eigenvalue weighted by Gasteiger charge is 2.09. The molecule has 0 bridgehead atoms. The van der Waals surface area contributed by atoms with E-state index in [0.29, 0.717) is 28.0 Å². The van der Waals surface area contributed by atoms with Crippen molar-refractivity contribution in [3.63, 3.8) is 0 Å². The molecule has 0 N–H and O–H groups in total. The quantitative estimate of drug-likeness (QED) is 0.723. The van der Waals surface area contributed by atoms with Gasteiger partial charge in [-0.05, 0) is 30.7 Å². The van der Waals surface area contributed by atoms with Gasteiger partial charge in [0.05, 0.1) is 12.5 Å². The Balaban J connectivity index is 2.11. The third-order valence-electron chi connectivity index (χ3n) is 3.59. The number of methoxy groups -OCH3 is 1. The Morgan fingerprint density at radius 1 is 1.05 bits per heavy atom. The standard InChI is InChI=1S/C19H16O3/c1-13-17(11-8-14-6-4-3-5-7-14)22-18-12-15(21-2)9-10-16(18)19(13)20/h3-12H,1-2H3. The van der Waals surface area contributed by atoms with Crippen LogP contribution in [-0.4, -0.2) is 7.11 Å². The van der Waals surface area contributed by atoms with Gasteiger partial charge in [0.1, 0.15) is 17.1 Å². The summed E-state index contributed by atoms with van der Waals surface area (Å²) in [5.74, 6) is 1.23. The summed E-state index contributed by atoms with van der Waals surface area (Å²) in [7, 11) is 1.59. The Hall–Kier alpha value is -2.81. The lowest BCUT2D eigenvalue weighted by molar-refractivity contribution is 0.414. The van der Waals surface area contributed by atoms with Gasteiger partial charge in [0.15, 0.2) is 5.43 Å². The number of hydrogen-bond donors (Lipinski definition) is 0. The lowest BCUT2D eigenvalue weighted by atomic mass is 10.1. The van der Waals surface area contributed by atoms with E-state index in [2.05, 4.69) is 0 Å². The first-order valence-electron chi connectivity index (χ1n) is 7.03. The molecule has 0 fully saturated rings. The average Bonchev–Trinajstić information content (AvgIpc) is 2.57. The molecule has 0 aliphatic rings. The monoisotopic (exact) mass is 292 g/mol. The topological polar surface area (TPSA) is 39.4 Å². The van der Waals surface area contributed by atoms with Crippen molar-refractivity contribution in [2.75, 3.05) is 7.11 Å². The number of hydrogen-bond acceptors (Lipinski definition) is 3. The summed E-state index contributed by atoms with van der Waals surface area (Å²) >= 11 is 0. The molecular weight excluding hydrogens is 276 g/mol.